The number of rotatable bonds is 7. The largest absolute Gasteiger partial charge is 0.416 e. The second kappa shape index (κ2) is 12.4. The first-order valence-electron chi connectivity index (χ1n) is 14.2. The van der Waals surface area contributed by atoms with Crippen LogP contribution in [0, 0.1) is 5.92 Å². The quantitative estimate of drug-likeness (QED) is 0.532. The van der Waals surface area contributed by atoms with Crippen LogP contribution in [0.2, 0.25) is 0 Å². The number of carbonyl (C=O) groups excluding carboxylic acids is 1. The molecular weight excluding hydrogens is 523 g/mol. The molecule has 4 atom stereocenters. The zero-order chi connectivity index (χ0) is 28.3. The summed E-state index contributed by atoms with van der Waals surface area (Å²) in [5, 5.41) is 14.2. The van der Waals surface area contributed by atoms with Crippen molar-refractivity contribution in [3.8, 4) is 0 Å². The first-order chi connectivity index (χ1) is 19.2. The summed E-state index contributed by atoms with van der Waals surface area (Å²) in [5.41, 5.74) is 1.29. The van der Waals surface area contributed by atoms with E-state index >= 15 is 0 Å². The Morgan fingerprint density at radius 2 is 1.90 bits per heavy atom. The van der Waals surface area contributed by atoms with Crippen LogP contribution < -0.4 is 10.2 Å². The van der Waals surface area contributed by atoms with Crippen LogP contribution in [0.1, 0.15) is 61.3 Å². The number of hydrogen-bond donors (Lipinski definition) is 2. The molecule has 218 valence electrons. The van der Waals surface area contributed by atoms with E-state index in [1.165, 1.54) is 6.20 Å². The molecule has 1 amide bonds. The molecule has 1 aliphatic carbocycles. The number of methoxy groups -OCH3 is 1. The second-order valence-electron chi connectivity index (χ2n) is 11.3. The van der Waals surface area contributed by atoms with Gasteiger partial charge < -0.3 is 25.0 Å². The third-order valence-electron chi connectivity index (χ3n) is 8.59. The summed E-state index contributed by atoms with van der Waals surface area (Å²) in [6.45, 7) is 2.79. The van der Waals surface area contributed by atoms with E-state index in [2.05, 4.69) is 15.3 Å². The van der Waals surface area contributed by atoms with Crippen LogP contribution in [0.25, 0.3) is 0 Å². The molecule has 2 N–H and O–H groups in total. The summed E-state index contributed by atoms with van der Waals surface area (Å²) in [4.78, 5) is 25.9. The van der Waals surface area contributed by atoms with E-state index in [9.17, 15) is 23.1 Å². The van der Waals surface area contributed by atoms with Crippen molar-refractivity contribution in [1.29, 1.82) is 0 Å². The second-order valence-corrected chi connectivity index (χ2v) is 11.3. The van der Waals surface area contributed by atoms with Crippen molar-refractivity contribution in [2.45, 2.75) is 75.4 Å². The van der Waals surface area contributed by atoms with Gasteiger partial charge in [0.15, 0.2) is 0 Å². The highest BCUT2D eigenvalue weighted by Crippen LogP contribution is 2.36. The Bertz CT molecular complexity index is 1160. The molecule has 3 fully saturated rings. The molecule has 1 saturated carbocycles. The molecule has 0 bridgehead atoms. The lowest BCUT2D eigenvalue weighted by Crippen LogP contribution is -2.48. The number of aliphatic hydroxyl groups is 1. The zero-order valence-corrected chi connectivity index (χ0v) is 22.8. The average Bonchev–Trinajstić information content (AvgIpc) is 3.42. The number of nitrogens with one attached hydrogen (secondary N) is 1. The molecule has 8 nitrogen and oxygen atoms in total. The number of hydrogen-bond acceptors (Lipinski definition) is 7. The number of anilines is 1. The molecule has 40 heavy (non-hydrogen) atoms. The van der Waals surface area contributed by atoms with Crippen LogP contribution in [0.5, 0.6) is 0 Å². The monoisotopic (exact) mass is 561 g/mol. The number of amides is 1. The van der Waals surface area contributed by atoms with Crippen LogP contribution in [-0.2, 0) is 22.3 Å². The Hall–Kier alpha value is -2.76. The van der Waals surface area contributed by atoms with Gasteiger partial charge in [-0.05, 0) is 62.3 Å². The number of ether oxygens (including phenoxy) is 1. The number of likely N-dealkylation sites (tertiary alicyclic amines) is 1. The van der Waals surface area contributed by atoms with Crippen molar-refractivity contribution in [2.24, 2.45) is 5.92 Å². The number of aliphatic hydroxyl groups excluding tert-OH is 1. The summed E-state index contributed by atoms with van der Waals surface area (Å²) >= 11 is 0. The molecule has 5 rings (SSSR count). The van der Waals surface area contributed by atoms with Crippen molar-refractivity contribution in [2.75, 3.05) is 38.2 Å². The molecule has 2 saturated heterocycles. The molecule has 3 aliphatic rings. The third-order valence-corrected chi connectivity index (χ3v) is 8.59. The fraction of sp³-hybridized carbons (Fsp3) is 0.621. The molecule has 2 aliphatic heterocycles. The molecule has 0 aromatic carbocycles. The number of carbonyl (C=O) groups is 1. The van der Waals surface area contributed by atoms with E-state index in [4.69, 9.17) is 4.74 Å². The molecule has 11 heteroatoms. The van der Waals surface area contributed by atoms with E-state index in [-0.39, 0.29) is 35.9 Å². The third kappa shape index (κ3) is 6.58. The minimum Gasteiger partial charge on any atom is -0.393 e. The number of halogens is 3. The van der Waals surface area contributed by atoms with Crippen LogP contribution >= 0.6 is 0 Å². The minimum absolute atomic E-state index is 0.0636. The number of aromatic nitrogens is 2. The van der Waals surface area contributed by atoms with Gasteiger partial charge in [0.05, 0.1) is 24.0 Å². The number of alkyl halides is 3. The van der Waals surface area contributed by atoms with Gasteiger partial charge in [-0.3, -0.25) is 9.78 Å². The van der Waals surface area contributed by atoms with E-state index in [0.29, 0.717) is 57.9 Å². The van der Waals surface area contributed by atoms with Crippen LogP contribution in [-0.4, -0.2) is 77.4 Å². The number of piperidine rings is 1. The molecule has 4 heterocycles. The highest BCUT2D eigenvalue weighted by atomic mass is 19.4. The topological polar surface area (TPSA) is 90.8 Å². The Kier molecular flexibility index (Phi) is 8.92. The van der Waals surface area contributed by atoms with E-state index < -0.39 is 11.7 Å². The summed E-state index contributed by atoms with van der Waals surface area (Å²) in [5.74, 6) is 0.362. The Balaban J connectivity index is 1.16. The van der Waals surface area contributed by atoms with Crippen LogP contribution in [0.4, 0.5) is 19.0 Å². The Morgan fingerprint density at radius 3 is 2.65 bits per heavy atom. The summed E-state index contributed by atoms with van der Waals surface area (Å²) < 4.78 is 44.7. The van der Waals surface area contributed by atoms with Crippen molar-refractivity contribution in [3.05, 3.63) is 53.5 Å². The Labute approximate surface area is 232 Å². The van der Waals surface area contributed by atoms with Crippen molar-refractivity contribution in [3.63, 3.8) is 0 Å². The molecule has 2 aromatic rings. The maximum atomic E-state index is 13.4. The van der Waals surface area contributed by atoms with Gasteiger partial charge in [-0.25, -0.2) is 4.98 Å². The molecule has 0 spiro atoms. The summed E-state index contributed by atoms with van der Waals surface area (Å²) in [6.07, 6.45) is 2.46. The number of pyridine rings is 2. The SMILES string of the molecule is COCc1cccnc1C1CC(O)CCC1N[C@H]1CCN(C(=O)C2CCN(c3cc(C(F)(F)F)ccn3)CC2)C1. The van der Waals surface area contributed by atoms with Gasteiger partial charge in [0, 0.05) is 69.6 Å². The van der Waals surface area contributed by atoms with E-state index in [1.807, 2.05) is 21.9 Å². The normalized spacial score (nSPS) is 26.3. The highest BCUT2D eigenvalue weighted by Gasteiger charge is 2.38. The number of nitrogens with zero attached hydrogens (tertiary/aromatic N) is 4. The fourth-order valence-corrected chi connectivity index (χ4v) is 6.49. The summed E-state index contributed by atoms with van der Waals surface area (Å²) in [7, 11) is 1.67. The molecule has 3 unspecified atom stereocenters. The van der Waals surface area contributed by atoms with Gasteiger partial charge >= 0.3 is 6.18 Å². The zero-order valence-electron chi connectivity index (χ0n) is 22.8. The maximum absolute atomic E-state index is 13.4. The standard InChI is InChI=1S/C29H38F3N5O3/c1-40-18-20-3-2-10-34-27(20)24-16-23(38)4-5-25(24)35-22-9-14-37(17-22)28(39)19-7-12-36(13-8-19)26-15-21(6-11-33-26)29(30,31)32/h2-3,6,10-11,15,19,22-25,35,38H,4-5,7-9,12-14,16-18H2,1H3/t22-,23?,24?,25?/m0/s1. The van der Waals surface area contributed by atoms with Gasteiger partial charge in [0.2, 0.25) is 5.91 Å². The lowest BCUT2D eigenvalue weighted by molar-refractivity contribution is -0.137. The van der Waals surface area contributed by atoms with Crippen LogP contribution in [0.15, 0.2) is 36.7 Å². The summed E-state index contributed by atoms with van der Waals surface area (Å²) in [6, 6.07) is 6.30. The van der Waals surface area contributed by atoms with E-state index in [1.54, 1.807) is 13.3 Å². The van der Waals surface area contributed by atoms with Crippen molar-refractivity contribution < 1.29 is 27.8 Å². The Morgan fingerprint density at radius 1 is 1.10 bits per heavy atom. The molecule has 2 aromatic heterocycles. The predicted octanol–water partition coefficient (Wildman–Crippen LogP) is 3.75. The average molecular weight is 562 g/mol. The fourth-order valence-electron chi connectivity index (χ4n) is 6.49. The van der Waals surface area contributed by atoms with Gasteiger partial charge in [0.25, 0.3) is 0 Å². The van der Waals surface area contributed by atoms with Gasteiger partial charge in [-0.15, -0.1) is 0 Å². The first-order valence-corrected chi connectivity index (χ1v) is 14.2. The van der Waals surface area contributed by atoms with Gasteiger partial charge in [-0.1, -0.05) is 6.07 Å². The molecular formula is C29H38F3N5O3. The maximum Gasteiger partial charge on any atom is 0.416 e. The first kappa shape index (κ1) is 28.8. The van der Waals surface area contributed by atoms with Crippen molar-refractivity contribution in [1.82, 2.24) is 20.2 Å². The predicted molar refractivity (Wildman–Crippen MR) is 144 cm³/mol. The van der Waals surface area contributed by atoms with Crippen molar-refractivity contribution >= 4 is 11.7 Å². The van der Waals surface area contributed by atoms with Gasteiger partial charge in [-0.2, -0.15) is 13.2 Å². The highest BCUT2D eigenvalue weighted by molar-refractivity contribution is 5.79. The minimum atomic E-state index is -4.41. The lowest BCUT2D eigenvalue weighted by Gasteiger charge is -2.37. The van der Waals surface area contributed by atoms with E-state index in [0.717, 1.165) is 42.7 Å². The van der Waals surface area contributed by atoms with Crippen LogP contribution in [0.3, 0.4) is 0 Å². The smallest absolute Gasteiger partial charge is 0.393 e. The lowest BCUT2D eigenvalue weighted by atomic mass is 9.79. The van der Waals surface area contributed by atoms with Gasteiger partial charge in [0.1, 0.15) is 5.82 Å². The molecule has 0 radical (unpaired) electrons.